The smallest absolute Gasteiger partial charge is 0.160 e. The predicted octanol–water partition coefficient (Wildman–Crippen LogP) is 2.86. The summed E-state index contributed by atoms with van der Waals surface area (Å²) in [6.45, 7) is 5.37. The van der Waals surface area contributed by atoms with Crippen LogP contribution in [0.4, 0.5) is 14.5 Å². The van der Waals surface area contributed by atoms with Gasteiger partial charge >= 0.3 is 0 Å². The Labute approximate surface area is 101 Å². The zero-order valence-electron chi connectivity index (χ0n) is 10.0. The Bertz CT molecular complexity index is 374. The highest BCUT2D eigenvalue weighted by Crippen LogP contribution is 2.18. The monoisotopic (exact) mass is 240 g/mol. The average Bonchev–Trinajstić information content (AvgIpc) is 2.35. The molecule has 0 atom stereocenters. The van der Waals surface area contributed by atoms with Gasteiger partial charge in [-0.2, -0.15) is 0 Å². The van der Waals surface area contributed by atoms with Crippen molar-refractivity contribution < 1.29 is 8.78 Å². The number of hydrogen-bond acceptors (Lipinski definition) is 2. The third kappa shape index (κ3) is 3.16. The summed E-state index contributed by atoms with van der Waals surface area (Å²) in [6, 6.07) is 4.34. The van der Waals surface area contributed by atoms with Crippen LogP contribution >= 0.6 is 0 Å². The predicted molar refractivity (Wildman–Crippen MR) is 65.1 cm³/mol. The zero-order valence-corrected chi connectivity index (χ0v) is 10.0. The molecule has 1 aliphatic heterocycles. The molecule has 0 spiro atoms. The minimum absolute atomic E-state index is 0.364. The summed E-state index contributed by atoms with van der Waals surface area (Å²) in [5.41, 5.74) is 0.666. The van der Waals surface area contributed by atoms with Crippen LogP contribution in [0.15, 0.2) is 18.2 Å². The molecule has 0 bridgehead atoms. The molecular formula is C13H18F2N2. The second kappa shape index (κ2) is 5.45. The van der Waals surface area contributed by atoms with Crippen molar-refractivity contribution in [3.05, 3.63) is 29.8 Å². The van der Waals surface area contributed by atoms with E-state index >= 15 is 0 Å². The molecule has 17 heavy (non-hydrogen) atoms. The fraction of sp³-hybridized carbons (Fsp3) is 0.538. The van der Waals surface area contributed by atoms with Crippen molar-refractivity contribution in [3.63, 3.8) is 0 Å². The second-order valence-electron chi connectivity index (χ2n) is 4.48. The summed E-state index contributed by atoms with van der Waals surface area (Å²) in [5, 5.41) is 3.26. The molecule has 4 heteroatoms. The van der Waals surface area contributed by atoms with E-state index < -0.39 is 11.6 Å². The number of halogens is 2. The Kier molecular flexibility index (Phi) is 3.94. The lowest BCUT2D eigenvalue weighted by atomic mass is 10.0. The molecule has 1 aromatic rings. The van der Waals surface area contributed by atoms with Gasteiger partial charge in [0.15, 0.2) is 11.6 Å². The van der Waals surface area contributed by atoms with Crippen LogP contribution in [0.2, 0.25) is 0 Å². The number of hydrogen-bond donors (Lipinski definition) is 1. The Balaban J connectivity index is 1.91. The molecule has 1 N–H and O–H groups in total. The van der Waals surface area contributed by atoms with Gasteiger partial charge in [0, 0.05) is 30.9 Å². The highest BCUT2D eigenvalue weighted by atomic mass is 19.2. The summed E-state index contributed by atoms with van der Waals surface area (Å²) >= 11 is 0. The van der Waals surface area contributed by atoms with E-state index in [1.165, 1.54) is 12.1 Å². The number of anilines is 1. The molecule has 0 aliphatic carbocycles. The van der Waals surface area contributed by atoms with Gasteiger partial charge in [0.1, 0.15) is 0 Å². The summed E-state index contributed by atoms with van der Waals surface area (Å²) in [7, 11) is 0. The van der Waals surface area contributed by atoms with Crippen LogP contribution in [-0.2, 0) is 0 Å². The number of benzene rings is 1. The van der Waals surface area contributed by atoms with Gasteiger partial charge in [0.05, 0.1) is 0 Å². The number of rotatable bonds is 3. The average molecular weight is 240 g/mol. The number of likely N-dealkylation sites (tertiary alicyclic amines) is 1. The molecule has 0 amide bonds. The fourth-order valence-corrected chi connectivity index (χ4v) is 2.22. The summed E-state index contributed by atoms with van der Waals surface area (Å²) in [4.78, 5) is 2.39. The number of nitrogens with zero attached hydrogens (tertiary/aromatic N) is 1. The van der Waals surface area contributed by atoms with Crippen molar-refractivity contribution in [2.24, 2.45) is 0 Å². The van der Waals surface area contributed by atoms with Crippen molar-refractivity contribution >= 4 is 5.69 Å². The van der Waals surface area contributed by atoms with Gasteiger partial charge < -0.3 is 10.2 Å². The molecule has 0 aromatic heterocycles. The van der Waals surface area contributed by atoms with Crippen LogP contribution < -0.4 is 5.32 Å². The largest absolute Gasteiger partial charge is 0.382 e. The van der Waals surface area contributed by atoms with Gasteiger partial charge in [-0.25, -0.2) is 8.78 Å². The van der Waals surface area contributed by atoms with Gasteiger partial charge in [-0.15, -0.1) is 0 Å². The maximum Gasteiger partial charge on any atom is 0.160 e. The lowest BCUT2D eigenvalue weighted by Gasteiger charge is -2.32. The SMILES string of the molecule is CCN1CCC(Nc2ccc(F)c(F)c2)CC1. The van der Waals surface area contributed by atoms with Gasteiger partial charge in [0.2, 0.25) is 0 Å². The highest BCUT2D eigenvalue weighted by Gasteiger charge is 2.17. The summed E-state index contributed by atoms with van der Waals surface area (Å²) in [6.07, 6.45) is 2.10. The first kappa shape index (κ1) is 12.3. The van der Waals surface area contributed by atoms with Crippen LogP contribution in [0.5, 0.6) is 0 Å². The van der Waals surface area contributed by atoms with E-state index in [1.807, 2.05) is 0 Å². The maximum absolute atomic E-state index is 13.0. The lowest BCUT2D eigenvalue weighted by molar-refractivity contribution is 0.229. The van der Waals surface area contributed by atoms with Crippen molar-refractivity contribution in [1.82, 2.24) is 4.90 Å². The van der Waals surface area contributed by atoms with Crippen LogP contribution in [0, 0.1) is 11.6 Å². The van der Waals surface area contributed by atoms with Gasteiger partial charge in [-0.1, -0.05) is 6.92 Å². The molecule has 2 rings (SSSR count). The molecule has 1 aromatic carbocycles. The van der Waals surface area contributed by atoms with Crippen LogP contribution in [-0.4, -0.2) is 30.6 Å². The van der Waals surface area contributed by atoms with E-state index in [2.05, 4.69) is 17.1 Å². The molecule has 2 nitrogen and oxygen atoms in total. The minimum Gasteiger partial charge on any atom is -0.382 e. The first-order valence-corrected chi connectivity index (χ1v) is 6.13. The Morgan fingerprint density at radius 1 is 1.24 bits per heavy atom. The van der Waals surface area contributed by atoms with E-state index in [-0.39, 0.29) is 0 Å². The quantitative estimate of drug-likeness (QED) is 0.874. The Morgan fingerprint density at radius 3 is 2.53 bits per heavy atom. The fourth-order valence-electron chi connectivity index (χ4n) is 2.22. The Hall–Kier alpha value is -1.16. The van der Waals surface area contributed by atoms with E-state index in [0.717, 1.165) is 32.5 Å². The highest BCUT2D eigenvalue weighted by molar-refractivity contribution is 5.44. The molecular weight excluding hydrogens is 222 g/mol. The van der Waals surface area contributed by atoms with Gasteiger partial charge in [-0.05, 0) is 31.5 Å². The normalized spacial score (nSPS) is 18.3. The van der Waals surface area contributed by atoms with E-state index in [4.69, 9.17) is 0 Å². The van der Waals surface area contributed by atoms with Crippen molar-refractivity contribution in [3.8, 4) is 0 Å². The summed E-state index contributed by atoms with van der Waals surface area (Å²) in [5.74, 6) is -1.59. The topological polar surface area (TPSA) is 15.3 Å². The molecule has 1 fully saturated rings. The molecule has 0 saturated carbocycles. The van der Waals surface area contributed by atoms with Gasteiger partial charge in [-0.3, -0.25) is 0 Å². The summed E-state index contributed by atoms with van der Waals surface area (Å²) < 4.78 is 25.8. The molecule has 1 aliphatic rings. The molecule has 0 radical (unpaired) electrons. The second-order valence-corrected chi connectivity index (χ2v) is 4.48. The number of piperidine rings is 1. The van der Waals surface area contributed by atoms with Crippen molar-refractivity contribution in [2.75, 3.05) is 25.0 Å². The van der Waals surface area contributed by atoms with E-state index in [0.29, 0.717) is 11.7 Å². The first-order chi connectivity index (χ1) is 8.19. The van der Waals surface area contributed by atoms with E-state index in [1.54, 1.807) is 6.07 Å². The zero-order chi connectivity index (χ0) is 12.3. The van der Waals surface area contributed by atoms with Crippen molar-refractivity contribution in [1.29, 1.82) is 0 Å². The lowest BCUT2D eigenvalue weighted by Crippen LogP contribution is -2.38. The van der Waals surface area contributed by atoms with Crippen LogP contribution in [0.1, 0.15) is 19.8 Å². The van der Waals surface area contributed by atoms with Gasteiger partial charge in [0.25, 0.3) is 0 Å². The Morgan fingerprint density at radius 2 is 1.94 bits per heavy atom. The minimum atomic E-state index is -0.795. The molecule has 0 unspecified atom stereocenters. The van der Waals surface area contributed by atoms with Crippen LogP contribution in [0.3, 0.4) is 0 Å². The first-order valence-electron chi connectivity index (χ1n) is 6.13. The van der Waals surface area contributed by atoms with Crippen LogP contribution in [0.25, 0.3) is 0 Å². The molecule has 1 heterocycles. The number of nitrogens with one attached hydrogen (secondary N) is 1. The van der Waals surface area contributed by atoms with E-state index in [9.17, 15) is 8.78 Å². The molecule has 1 saturated heterocycles. The third-order valence-corrected chi connectivity index (χ3v) is 3.33. The van der Waals surface area contributed by atoms with Crippen molar-refractivity contribution in [2.45, 2.75) is 25.8 Å². The standard InChI is InChI=1S/C13H18F2N2/c1-2-17-7-5-10(6-8-17)16-11-3-4-12(14)13(15)9-11/h3-4,9-10,16H,2,5-8H2,1H3. The maximum atomic E-state index is 13.0. The third-order valence-electron chi connectivity index (χ3n) is 3.33. The molecule has 94 valence electrons.